The molecule has 0 unspecified atom stereocenters. The first-order valence-corrected chi connectivity index (χ1v) is 5.71. The molecule has 0 aliphatic rings. The molecule has 16 heavy (non-hydrogen) atoms. The number of Topliss-reactive ketones (excluding diaryl/α,β-unsaturated/α-hetero) is 1. The molecule has 0 atom stereocenters. The molecule has 0 aliphatic heterocycles. The number of hydrogen-bond donors (Lipinski definition) is 1. The highest BCUT2D eigenvalue weighted by atomic mass is 32.1. The highest BCUT2D eigenvalue weighted by Gasteiger charge is 2.27. The van der Waals surface area contributed by atoms with Gasteiger partial charge in [0.15, 0.2) is 0 Å². The maximum atomic E-state index is 11.4. The van der Waals surface area contributed by atoms with Crippen LogP contribution in [0.3, 0.4) is 0 Å². The molecule has 1 aromatic carbocycles. The van der Waals surface area contributed by atoms with Crippen LogP contribution in [0.5, 0.6) is 5.06 Å². The van der Waals surface area contributed by atoms with Gasteiger partial charge in [0.25, 0.3) is 10.1 Å². The average Bonchev–Trinajstić information content (AvgIpc) is 2.55. The monoisotopic (exact) mass is 234 g/mol. The molecule has 3 nitrogen and oxygen atoms in total. The van der Waals surface area contributed by atoms with Crippen molar-refractivity contribution in [3.05, 3.63) is 36.0 Å². The van der Waals surface area contributed by atoms with Crippen molar-refractivity contribution in [2.45, 2.75) is 6.92 Å². The Kier molecular flexibility index (Phi) is 2.75. The molecule has 1 aromatic heterocycles. The smallest absolute Gasteiger partial charge is 0.302 e. The Labute approximate surface area is 97.6 Å². The fourth-order valence-corrected chi connectivity index (χ4v) is 2.72. The Balaban J connectivity index is 2.61. The minimum absolute atomic E-state index is 0.0776. The Morgan fingerprint density at radius 2 is 1.94 bits per heavy atom. The molecule has 1 N–H and O–H groups in total. The van der Waals surface area contributed by atoms with Gasteiger partial charge in [0, 0.05) is 6.92 Å². The second kappa shape index (κ2) is 4.06. The van der Waals surface area contributed by atoms with E-state index in [0.29, 0.717) is 5.69 Å². The van der Waals surface area contributed by atoms with E-state index in [1.165, 1.54) is 18.3 Å². The molecule has 4 heteroatoms. The van der Waals surface area contributed by atoms with Crippen molar-refractivity contribution in [1.29, 1.82) is 0 Å². The van der Waals surface area contributed by atoms with Gasteiger partial charge in [-0.3, -0.25) is 4.79 Å². The van der Waals surface area contributed by atoms with Crippen molar-refractivity contribution in [1.82, 2.24) is 0 Å². The van der Waals surface area contributed by atoms with Gasteiger partial charge in [0.05, 0.1) is 5.56 Å². The molecular weight excluding hydrogens is 222 g/mol. The number of carbonyl (C=O) groups excluding carboxylic acids is 1. The lowest BCUT2D eigenvalue weighted by atomic mass is 10.2. The Morgan fingerprint density at radius 1 is 1.31 bits per heavy atom. The number of thiazole rings is 1. The van der Waals surface area contributed by atoms with Crippen LogP contribution in [-0.2, 0) is 7.05 Å². The van der Waals surface area contributed by atoms with E-state index in [2.05, 4.69) is 0 Å². The molecule has 0 bridgehead atoms. The lowest BCUT2D eigenvalue weighted by molar-refractivity contribution is -0.658. The first-order chi connectivity index (χ1) is 7.61. The summed E-state index contributed by atoms with van der Waals surface area (Å²) in [5.74, 6) is -0.126. The van der Waals surface area contributed by atoms with Crippen molar-refractivity contribution in [2.75, 3.05) is 0 Å². The van der Waals surface area contributed by atoms with Gasteiger partial charge in [-0.25, -0.2) is 0 Å². The molecule has 0 amide bonds. The molecule has 0 spiro atoms. The molecule has 1 heterocycles. The van der Waals surface area contributed by atoms with Crippen molar-refractivity contribution in [2.24, 2.45) is 7.05 Å². The summed E-state index contributed by atoms with van der Waals surface area (Å²) in [7, 11) is 1.79. The Bertz CT molecular complexity index is 531. The van der Waals surface area contributed by atoms with Crippen LogP contribution in [0.4, 0.5) is 0 Å². The van der Waals surface area contributed by atoms with E-state index in [0.717, 1.165) is 10.6 Å². The first kappa shape index (κ1) is 10.8. The standard InChI is InChI=1S/C12H11NO2S/c1-8(14)10-12(15)16-11(13(10)2)9-6-4-3-5-7-9/h3-7H,1-2H3/p+1. The normalized spacial score (nSPS) is 10.4. The lowest BCUT2D eigenvalue weighted by Gasteiger charge is -1.93. The number of hydrogen-bond acceptors (Lipinski definition) is 3. The highest BCUT2D eigenvalue weighted by Crippen LogP contribution is 2.30. The van der Waals surface area contributed by atoms with E-state index in [1.807, 2.05) is 30.3 Å². The fourth-order valence-electron chi connectivity index (χ4n) is 1.67. The van der Waals surface area contributed by atoms with Gasteiger partial charge < -0.3 is 5.11 Å². The van der Waals surface area contributed by atoms with E-state index in [4.69, 9.17) is 0 Å². The number of benzene rings is 1. The molecule has 82 valence electrons. The van der Waals surface area contributed by atoms with Gasteiger partial charge in [-0.15, -0.1) is 0 Å². The summed E-state index contributed by atoms with van der Waals surface area (Å²) in [6.07, 6.45) is 0. The van der Waals surface area contributed by atoms with Crippen LogP contribution in [0.1, 0.15) is 17.4 Å². The predicted molar refractivity (Wildman–Crippen MR) is 62.6 cm³/mol. The van der Waals surface area contributed by atoms with Gasteiger partial charge >= 0.3 is 5.69 Å². The van der Waals surface area contributed by atoms with E-state index >= 15 is 0 Å². The van der Waals surface area contributed by atoms with Crippen LogP contribution in [0, 0.1) is 0 Å². The summed E-state index contributed by atoms with van der Waals surface area (Å²) in [6, 6.07) is 9.70. The first-order valence-electron chi connectivity index (χ1n) is 4.89. The van der Waals surface area contributed by atoms with Gasteiger partial charge in [-0.1, -0.05) is 18.2 Å². The average molecular weight is 234 g/mol. The predicted octanol–water partition coefficient (Wildman–Crippen LogP) is 2.15. The SMILES string of the molecule is CC(=O)c1c(O)sc(-c2ccccc2)[n+]1C. The Morgan fingerprint density at radius 3 is 2.44 bits per heavy atom. The summed E-state index contributed by atoms with van der Waals surface area (Å²) < 4.78 is 1.73. The number of aromatic hydroxyl groups is 1. The van der Waals surface area contributed by atoms with Crippen LogP contribution in [0.2, 0.25) is 0 Å². The summed E-state index contributed by atoms with van der Waals surface area (Å²) >= 11 is 1.22. The van der Waals surface area contributed by atoms with Crippen LogP contribution < -0.4 is 4.57 Å². The van der Waals surface area contributed by atoms with E-state index < -0.39 is 0 Å². The summed E-state index contributed by atoms with van der Waals surface area (Å²) in [4.78, 5) is 11.4. The largest absolute Gasteiger partial charge is 0.495 e. The molecule has 0 saturated carbocycles. The number of ketones is 1. The molecule has 0 radical (unpaired) electrons. The molecule has 0 aliphatic carbocycles. The van der Waals surface area contributed by atoms with Crippen LogP contribution in [0.15, 0.2) is 30.3 Å². The number of aromatic nitrogens is 1. The van der Waals surface area contributed by atoms with E-state index in [1.54, 1.807) is 11.6 Å². The third-order valence-electron chi connectivity index (χ3n) is 2.39. The zero-order valence-corrected chi connectivity index (χ0v) is 9.91. The summed E-state index contributed by atoms with van der Waals surface area (Å²) in [6.45, 7) is 1.45. The minimum Gasteiger partial charge on any atom is -0.495 e. The van der Waals surface area contributed by atoms with Gasteiger partial charge in [-0.2, -0.15) is 4.57 Å². The maximum absolute atomic E-state index is 11.4. The van der Waals surface area contributed by atoms with Crippen LogP contribution in [-0.4, -0.2) is 10.9 Å². The molecule has 2 aromatic rings. The maximum Gasteiger partial charge on any atom is 0.302 e. The molecule has 0 fully saturated rings. The third kappa shape index (κ3) is 1.72. The van der Waals surface area contributed by atoms with Gasteiger partial charge in [0.2, 0.25) is 5.78 Å². The van der Waals surface area contributed by atoms with Crippen molar-refractivity contribution in [3.8, 4) is 15.6 Å². The second-order valence-electron chi connectivity index (χ2n) is 3.54. The molecule has 0 saturated heterocycles. The summed E-state index contributed by atoms with van der Waals surface area (Å²) in [5, 5.41) is 10.7. The van der Waals surface area contributed by atoms with Crippen LogP contribution >= 0.6 is 11.3 Å². The zero-order chi connectivity index (χ0) is 11.7. The fraction of sp³-hybridized carbons (Fsp3) is 0.167. The van der Waals surface area contributed by atoms with Crippen molar-refractivity contribution in [3.63, 3.8) is 0 Å². The topological polar surface area (TPSA) is 41.2 Å². The van der Waals surface area contributed by atoms with Gasteiger partial charge in [0.1, 0.15) is 7.05 Å². The highest BCUT2D eigenvalue weighted by molar-refractivity contribution is 7.16. The molecule has 2 rings (SSSR count). The zero-order valence-electron chi connectivity index (χ0n) is 9.10. The minimum atomic E-state index is -0.126. The summed E-state index contributed by atoms with van der Waals surface area (Å²) in [5.41, 5.74) is 1.36. The van der Waals surface area contributed by atoms with Crippen molar-refractivity contribution >= 4 is 17.1 Å². The van der Waals surface area contributed by atoms with Crippen LogP contribution in [0.25, 0.3) is 10.6 Å². The second-order valence-corrected chi connectivity index (χ2v) is 4.52. The number of rotatable bonds is 2. The quantitative estimate of drug-likeness (QED) is 0.639. The van der Waals surface area contributed by atoms with Gasteiger partial charge in [-0.05, 0) is 23.5 Å². The number of nitrogens with zero attached hydrogens (tertiary/aromatic N) is 1. The van der Waals surface area contributed by atoms with E-state index in [-0.39, 0.29) is 10.8 Å². The molecular formula is C12H12NO2S+. The third-order valence-corrected chi connectivity index (χ3v) is 3.48. The van der Waals surface area contributed by atoms with E-state index in [9.17, 15) is 9.90 Å². The van der Waals surface area contributed by atoms with Crippen molar-refractivity contribution < 1.29 is 14.5 Å². The Hall–Kier alpha value is -1.68. The number of carbonyl (C=O) groups is 1. The lowest BCUT2D eigenvalue weighted by Crippen LogP contribution is -2.34.